The van der Waals surface area contributed by atoms with Crippen molar-refractivity contribution >= 4 is 11.6 Å². The fourth-order valence-corrected chi connectivity index (χ4v) is 5.38. The Morgan fingerprint density at radius 2 is 1.86 bits per heavy atom. The van der Waals surface area contributed by atoms with Crippen molar-refractivity contribution in [3.8, 4) is 16.8 Å². The minimum atomic E-state index is -4.75. The van der Waals surface area contributed by atoms with Gasteiger partial charge in [-0.25, -0.2) is 14.1 Å². The molecular weight excluding hydrogens is 582 g/mol. The molecule has 3 heterocycles. The molecule has 0 aliphatic carbocycles. The largest absolute Gasteiger partial charge is 0.418 e. The number of benzene rings is 2. The van der Waals surface area contributed by atoms with E-state index in [1.165, 1.54) is 37.9 Å². The highest BCUT2D eigenvalue weighted by molar-refractivity contribution is 6.30. The zero-order valence-electron chi connectivity index (χ0n) is 22.9. The lowest BCUT2D eigenvalue weighted by molar-refractivity contribution is -0.230. The van der Waals surface area contributed by atoms with Gasteiger partial charge in [0, 0.05) is 23.9 Å². The molecule has 5 rings (SSSR count). The molecule has 6 atom stereocenters. The summed E-state index contributed by atoms with van der Waals surface area (Å²) in [6.07, 6.45) is -7.72. The van der Waals surface area contributed by atoms with Gasteiger partial charge >= 0.3 is 6.18 Å². The molecule has 1 saturated heterocycles. The molecule has 2 aromatic carbocycles. The first-order chi connectivity index (χ1) is 19.8. The highest BCUT2D eigenvalue weighted by Crippen LogP contribution is 2.42. The van der Waals surface area contributed by atoms with Crippen molar-refractivity contribution in [1.29, 1.82) is 0 Å². The molecule has 0 saturated carbocycles. The Hall–Kier alpha value is -3.36. The molecule has 2 aromatic heterocycles. The van der Waals surface area contributed by atoms with E-state index in [9.17, 15) is 27.8 Å². The fourth-order valence-electron chi connectivity index (χ4n) is 5.21. The predicted molar refractivity (Wildman–Crippen MR) is 144 cm³/mol. The van der Waals surface area contributed by atoms with Crippen LogP contribution < -0.4 is 0 Å². The lowest BCUT2D eigenvalue weighted by atomic mass is 9.89. The minimum Gasteiger partial charge on any atom is -0.391 e. The summed E-state index contributed by atoms with van der Waals surface area (Å²) < 4.78 is 70.3. The number of rotatable bonds is 6. The number of nitrogens with zero attached hydrogens (tertiary/aromatic N) is 5. The number of ether oxygens (including phenoxy) is 2. The van der Waals surface area contributed by atoms with Gasteiger partial charge in [0.2, 0.25) is 0 Å². The van der Waals surface area contributed by atoms with Crippen molar-refractivity contribution in [3.05, 3.63) is 82.4 Å². The third-order valence-corrected chi connectivity index (χ3v) is 7.51. The summed E-state index contributed by atoms with van der Waals surface area (Å²) in [5, 5.41) is 31.0. The van der Waals surface area contributed by atoms with Crippen LogP contribution in [-0.2, 0) is 15.7 Å². The van der Waals surface area contributed by atoms with E-state index >= 15 is 0 Å². The number of methoxy groups -OCH3 is 1. The third-order valence-electron chi connectivity index (χ3n) is 7.27. The van der Waals surface area contributed by atoms with E-state index < -0.39 is 59.8 Å². The quantitative estimate of drug-likeness (QED) is 0.296. The van der Waals surface area contributed by atoms with E-state index in [2.05, 4.69) is 15.2 Å². The van der Waals surface area contributed by atoms with Crippen molar-refractivity contribution in [2.24, 2.45) is 0 Å². The van der Waals surface area contributed by atoms with Gasteiger partial charge in [0.25, 0.3) is 0 Å². The Labute approximate surface area is 243 Å². The maximum absolute atomic E-state index is 14.3. The first-order valence-electron chi connectivity index (χ1n) is 13.0. The van der Waals surface area contributed by atoms with Gasteiger partial charge in [-0.05, 0) is 56.2 Å². The molecule has 4 unspecified atom stereocenters. The monoisotopic (exact) mass is 609 g/mol. The van der Waals surface area contributed by atoms with Crippen LogP contribution in [0.3, 0.4) is 0 Å². The normalized spacial score (nSPS) is 23.7. The van der Waals surface area contributed by atoms with E-state index in [1.54, 1.807) is 25.3 Å². The third kappa shape index (κ3) is 5.54. The molecule has 14 heteroatoms. The van der Waals surface area contributed by atoms with Crippen molar-refractivity contribution in [2.45, 2.75) is 63.5 Å². The van der Waals surface area contributed by atoms with E-state index in [1.807, 2.05) is 0 Å². The average molecular weight is 610 g/mol. The molecule has 4 aromatic rings. The summed E-state index contributed by atoms with van der Waals surface area (Å²) in [4.78, 5) is 4.32. The topological polar surface area (TPSA) is 107 Å². The number of aromatic nitrogens is 5. The van der Waals surface area contributed by atoms with Crippen LogP contribution in [-0.4, -0.2) is 66.3 Å². The summed E-state index contributed by atoms with van der Waals surface area (Å²) in [5.41, 5.74) is 0.118. The van der Waals surface area contributed by atoms with Crippen LogP contribution in [0.1, 0.15) is 41.8 Å². The van der Waals surface area contributed by atoms with Gasteiger partial charge in [-0.15, -0.1) is 0 Å². The molecule has 0 amide bonds. The summed E-state index contributed by atoms with van der Waals surface area (Å²) in [7, 11) is 1.37. The lowest BCUT2D eigenvalue weighted by Gasteiger charge is -2.45. The molecule has 2 N–H and O–H groups in total. The first kappa shape index (κ1) is 30.1. The molecule has 0 spiro atoms. The second-order valence-corrected chi connectivity index (χ2v) is 10.6. The van der Waals surface area contributed by atoms with Gasteiger partial charge < -0.3 is 19.7 Å². The molecule has 224 valence electrons. The van der Waals surface area contributed by atoms with Gasteiger partial charge in [0.1, 0.15) is 42.1 Å². The smallest absolute Gasteiger partial charge is 0.391 e. The molecule has 1 aliphatic rings. The van der Waals surface area contributed by atoms with Crippen molar-refractivity contribution in [2.75, 3.05) is 7.11 Å². The van der Waals surface area contributed by atoms with E-state index in [4.69, 9.17) is 21.1 Å². The average Bonchev–Trinajstić information content (AvgIpc) is 3.56. The van der Waals surface area contributed by atoms with Crippen LogP contribution >= 0.6 is 11.6 Å². The summed E-state index contributed by atoms with van der Waals surface area (Å²) in [6.45, 7) is 4.58. The Balaban J connectivity index is 1.62. The zero-order chi connectivity index (χ0) is 30.5. The maximum atomic E-state index is 14.3. The van der Waals surface area contributed by atoms with Crippen LogP contribution in [0.15, 0.2) is 48.8 Å². The van der Waals surface area contributed by atoms with Gasteiger partial charge in [-0.1, -0.05) is 23.7 Å². The van der Waals surface area contributed by atoms with Crippen LogP contribution in [0.2, 0.25) is 5.02 Å². The molecule has 1 aliphatic heterocycles. The van der Waals surface area contributed by atoms with Crippen LogP contribution in [0.25, 0.3) is 16.8 Å². The molecule has 0 radical (unpaired) electrons. The predicted octanol–water partition coefficient (Wildman–Crippen LogP) is 5.00. The summed E-state index contributed by atoms with van der Waals surface area (Å²) in [5.74, 6) is -0.439. The molecule has 42 heavy (non-hydrogen) atoms. The number of halogens is 5. The Bertz CT molecular complexity index is 1590. The van der Waals surface area contributed by atoms with Crippen molar-refractivity contribution in [1.82, 2.24) is 24.5 Å². The summed E-state index contributed by atoms with van der Waals surface area (Å²) >= 11 is 6.07. The van der Waals surface area contributed by atoms with Gasteiger partial charge in [0.15, 0.2) is 5.82 Å². The molecular formula is C28H28ClF4N5O4. The maximum Gasteiger partial charge on any atom is 0.418 e. The van der Waals surface area contributed by atoms with Crippen LogP contribution in [0.5, 0.6) is 0 Å². The highest BCUT2D eigenvalue weighted by atomic mass is 35.5. The molecule has 0 bridgehead atoms. The Morgan fingerprint density at radius 1 is 1.12 bits per heavy atom. The number of hydrogen-bond acceptors (Lipinski definition) is 7. The number of aliphatic hydroxyl groups is 2. The standard InChI is InChI=1S/C28H28ClF4N5O4/c1-13-5-6-16(9-20(13)30)17-11-34-37(12-17)22-23(40)26(42-24(14(2)39)25(22)41-4)27-35-15(3)36-38(27)21-10-18(29)7-8-19(21)28(31,32)33/h5-12,14,22-26,39-40H,1-4H3/t14?,22?,23?,24?,25-,26-/m1/s1. The zero-order valence-corrected chi connectivity index (χ0v) is 23.7. The van der Waals surface area contributed by atoms with Gasteiger partial charge in [0.05, 0.1) is 23.6 Å². The van der Waals surface area contributed by atoms with E-state index in [0.29, 0.717) is 16.7 Å². The van der Waals surface area contributed by atoms with Crippen LogP contribution in [0.4, 0.5) is 17.6 Å². The number of aryl methyl sites for hydroxylation is 2. The SMILES string of the molecule is CO[C@H]1C(C(C)O)O[C@@H](c2nc(C)nn2-c2cc(Cl)ccc2C(F)(F)F)C(O)C1n1cc(-c2ccc(C)c(F)c2)cn1. The fraction of sp³-hybridized carbons (Fsp3) is 0.393. The van der Waals surface area contributed by atoms with E-state index in [-0.39, 0.29) is 16.7 Å². The van der Waals surface area contributed by atoms with E-state index in [0.717, 1.165) is 22.9 Å². The van der Waals surface area contributed by atoms with Crippen molar-refractivity contribution < 1.29 is 37.2 Å². The Morgan fingerprint density at radius 3 is 2.50 bits per heavy atom. The number of alkyl halides is 3. The van der Waals surface area contributed by atoms with Gasteiger partial charge in [-0.2, -0.15) is 23.4 Å². The second-order valence-electron chi connectivity index (χ2n) is 10.2. The van der Waals surface area contributed by atoms with Crippen molar-refractivity contribution in [3.63, 3.8) is 0 Å². The summed E-state index contributed by atoms with van der Waals surface area (Å²) in [6, 6.07) is 6.75. The first-order valence-corrected chi connectivity index (χ1v) is 13.3. The molecule has 1 fully saturated rings. The number of aliphatic hydroxyl groups excluding tert-OH is 2. The molecule has 9 nitrogen and oxygen atoms in total. The highest BCUT2D eigenvalue weighted by Gasteiger charge is 2.51. The lowest BCUT2D eigenvalue weighted by Crippen LogP contribution is -2.56. The number of hydrogen-bond donors (Lipinski definition) is 2. The van der Waals surface area contributed by atoms with Crippen LogP contribution in [0, 0.1) is 19.7 Å². The Kier molecular flexibility index (Phi) is 8.16. The van der Waals surface area contributed by atoms with Gasteiger partial charge in [-0.3, -0.25) is 4.68 Å². The second kappa shape index (κ2) is 11.4. The minimum absolute atomic E-state index is 0.0259.